The first-order chi connectivity index (χ1) is 13.4. The minimum atomic E-state index is -0.775. The molecule has 0 fully saturated rings. The molecule has 0 saturated carbocycles. The minimum Gasteiger partial charge on any atom is -0.504 e. The number of nitro benzene ring substituents is 1. The molecule has 1 aliphatic carbocycles. The predicted octanol–water partition coefficient (Wildman–Crippen LogP) is 3.53. The van der Waals surface area contributed by atoms with Crippen LogP contribution in [0.5, 0.6) is 11.5 Å². The van der Waals surface area contributed by atoms with Crippen LogP contribution in [0.2, 0.25) is 0 Å². The number of carbonyl (C=O) groups excluding carboxylic acids is 2. The third-order valence-corrected chi connectivity index (χ3v) is 4.51. The van der Waals surface area contributed by atoms with Crippen molar-refractivity contribution in [2.45, 2.75) is 0 Å². The molecule has 0 aromatic heterocycles. The number of nitrogens with zero attached hydrogens (tertiary/aromatic N) is 1. The van der Waals surface area contributed by atoms with Gasteiger partial charge in [0.1, 0.15) is 5.56 Å². The minimum absolute atomic E-state index is 0.132. The van der Waals surface area contributed by atoms with Crippen molar-refractivity contribution >= 4 is 28.6 Å². The van der Waals surface area contributed by atoms with E-state index in [1.54, 1.807) is 30.3 Å². The Hall–Kier alpha value is -4.20. The fourth-order valence-electron chi connectivity index (χ4n) is 3.25. The second-order valence-corrected chi connectivity index (χ2v) is 6.15. The van der Waals surface area contributed by atoms with Gasteiger partial charge < -0.3 is 15.5 Å². The molecule has 0 bridgehead atoms. The van der Waals surface area contributed by atoms with Crippen molar-refractivity contribution in [2.24, 2.45) is 0 Å². The van der Waals surface area contributed by atoms with E-state index in [1.807, 2.05) is 0 Å². The van der Waals surface area contributed by atoms with Crippen molar-refractivity contribution in [2.75, 3.05) is 5.32 Å². The molecule has 0 amide bonds. The molecular formula is C20H12N2O6. The van der Waals surface area contributed by atoms with Crippen molar-refractivity contribution < 1.29 is 24.7 Å². The molecule has 3 aromatic carbocycles. The summed E-state index contributed by atoms with van der Waals surface area (Å²) in [6, 6.07) is 13.3. The van der Waals surface area contributed by atoms with E-state index in [2.05, 4.69) is 5.32 Å². The average molecular weight is 376 g/mol. The summed E-state index contributed by atoms with van der Waals surface area (Å²) in [7, 11) is 0. The average Bonchev–Trinajstić information content (AvgIpc) is 2.69. The van der Waals surface area contributed by atoms with E-state index in [9.17, 15) is 29.9 Å². The second kappa shape index (κ2) is 6.20. The molecule has 138 valence electrons. The maximum Gasteiger partial charge on any atom is 0.281 e. The lowest BCUT2D eigenvalue weighted by molar-refractivity contribution is -0.385. The molecule has 0 atom stereocenters. The lowest BCUT2D eigenvalue weighted by atomic mass is 9.82. The molecule has 3 N–H and O–H groups in total. The van der Waals surface area contributed by atoms with Gasteiger partial charge in [-0.2, -0.15) is 0 Å². The van der Waals surface area contributed by atoms with Crippen LogP contribution < -0.4 is 5.32 Å². The molecule has 8 heteroatoms. The fraction of sp³-hybridized carbons (Fsp3) is 0. The number of hydrogen-bond donors (Lipinski definition) is 3. The number of ketones is 2. The lowest BCUT2D eigenvalue weighted by Gasteiger charge is -2.22. The normalized spacial score (nSPS) is 12.3. The molecule has 8 nitrogen and oxygen atoms in total. The first kappa shape index (κ1) is 17.2. The standard InChI is InChI=1S/C20H12N2O6/c23-14-9-12-16(17(20(14)26)21-10-5-2-1-3-6-10)18(24)11-7-4-8-13(22(27)28)15(11)19(12)25/h1-9,21,23,26H. The molecule has 0 radical (unpaired) electrons. The third-order valence-electron chi connectivity index (χ3n) is 4.51. The topological polar surface area (TPSA) is 130 Å². The second-order valence-electron chi connectivity index (χ2n) is 6.15. The van der Waals surface area contributed by atoms with Gasteiger partial charge in [0.15, 0.2) is 17.3 Å². The van der Waals surface area contributed by atoms with Crippen LogP contribution in [-0.2, 0) is 0 Å². The molecule has 0 aliphatic heterocycles. The highest BCUT2D eigenvalue weighted by atomic mass is 16.6. The Kier molecular flexibility index (Phi) is 3.82. The Morgan fingerprint density at radius 1 is 0.857 bits per heavy atom. The van der Waals surface area contributed by atoms with Crippen LogP contribution in [0.1, 0.15) is 31.8 Å². The number of aromatic hydroxyl groups is 2. The molecule has 0 saturated heterocycles. The van der Waals surface area contributed by atoms with Gasteiger partial charge in [0.05, 0.1) is 16.2 Å². The maximum atomic E-state index is 13.1. The van der Waals surface area contributed by atoms with Gasteiger partial charge in [-0.3, -0.25) is 19.7 Å². The van der Waals surface area contributed by atoms with Crippen LogP contribution in [0, 0.1) is 10.1 Å². The van der Waals surface area contributed by atoms with Gasteiger partial charge in [-0.15, -0.1) is 0 Å². The van der Waals surface area contributed by atoms with E-state index in [4.69, 9.17) is 0 Å². The van der Waals surface area contributed by atoms with Gasteiger partial charge in [0.2, 0.25) is 5.78 Å². The Labute approximate surface area is 157 Å². The Morgan fingerprint density at radius 3 is 2.21 bits per heavy atom. The highest BCUT2D eigenvalue weighted by Crippen LogP contribution is 2.45. The summed E-state index contributed by atoms with van der Waals surface area (Å²) in [5.74, 6) is -2.66. The van der Waals surface area contributed by atoms with E-state index < -0.39 is 33.7 Å². The Morgan fingerprint density at radius 2 is 1.54 bits per heavy atom. The molecule has 1 aliphatic rings. The zero-order valence-corrected chi connectivity index (χ0v) is 14.2. The molecule has 3 aromatic rings. The fourth-order valence-corrected chi connectivity index (χ4v) is 3.25. The maximum absolute atomic E-state index is 13.1. The highest BCUT2D eigenvalue weighted by molar-refractivity contribution is 6.32. The predicted molar refractivity (Wildman–Crippen MR) is 99.5 cm³/mol. The smallest absolute Gasteiger partial charge is 0.281 e. The van der Waals surface area contributed by atoms with Crippen molar-refractivity contribution in [1.82, 2.24) is 0 Å². The molecule has 4 rings (SSSR count). The number of carbonyl (C=O) groups is 2. The number of phenolic OH excluding ortho intramolecular Hbond substituents is 2. The molecular weight excluding hydrogens is 364 g/mol. The van der Waals surface area contributed by atoms with Gasteiger partial charge in [-0.05, 0) is 24.3 Å². The van der Waals surface area contributed by atoms with Crippen LogP contribution in [0.3, 0.4) is 0 Å². The van der Waals surface area contributed by atoms with Crippen molar-refractivity contribution in [1.29, 1.82) is 0 Å². The van der Waals surface area contributed by atoms with Crippen molar-refractivity contribution in [3.05, 3.63) is 87.0 Å². The van der Waals surface area contributed by atoms with E-state index in [-0.39, 0.29) is 27.9 Å². The number of nitrogens with one attached hydrogen (secondary N) is 1. The summed E-state index contributed by atoms with van der Waals surface area (Å²) in [6.45, 7) is 0. The van der Waals surface area contributed by atoms with Gasteiger partial charge in [-0.1, -0.05) is 24.3 Å². The number of anilines is 2. The monoisotopic (exact) mass is 376 g/mol. The zero-order chi connectivity index (χ0) is 20.0. The number of nitro groups is 1. The SMILES string of the molecule is O=C1c2cc(O)c(O)c(Nc3ccccc3)c2C(=O)c2cccc([N+](=O)[O-])c21. The summed E-state index contributed by atoms with van der Waals surface area (Å²) in [5.41, 5.74) is -0.967. The van der Waals surface area contributed by atoms with Crippen LogP contribution in [0.15, 0.2) is 54.6 Å². The van der Waals surface area contributed by atoms with Crippen LogP contribution >= 0.6 is 0 Å². The van der Waals surface area contributed by atoms with E-state index in [0.717, 1.165) is 12.1 Å². The van der Waals surface area contributed by atoms with Gasteiger partial charge >= 0.3 is 0 Å². The summed E-state index contributed by atoms with van der Waals surface area (Å²) in [5, 5.41) is 34.6. The molecule has 0 spiro atoms. The van der Waals surface area contributed by atoms with Gasteiger partial charge in [0, 0.05) is 22.9 Å². The van der Waals surface area contributed by atoms with Crippen LogP contribution in [0.25, 0.3) is 0 Å². The molecule has 0 heterocycles. The lowest BCUT2D eigenvalue weighted by Crippen LogP contribution is -2.23. The van der Waals surface area contributed by atoms with Crippen LogP contribution in [-0.4, -0.2) is 26.7 Å². The van der Waals surface area contributed by atoms with Gasteiger partial charge in [0.25, 0.3) is 5.69 Å². The molecule has 0 unspecified atom stereocenters. The Balaban J connectivity index is 1.98. The Bertz CT molecular complexity index is 1170. The summed E-state index contributed by atoms with van der Waals surface area (Å²) in [4.78, 5) is 36.6. The summed E-state index contributed by atoms with van der Waals surface area (Å²) >= 11 is 0. The quantitative estimate of drug-likeness (QED) is 0.283. The number of hydrogen-bond acceptors (Lipinski definition) is 7. The number of rotatable bonds is 3. The largest absolute Gasteiger partial charge is 0.504 e. The van der Waals surface area contributed by atoms with Crippen molar-refractivity contribution in [3.63, 3.8) is 0 Å². The number of fused-ring (bicyclic) bond motifs is 2. The van der Waals surface area contributed by atoms with Gasteiger partial charge in [-0.25, -0.2) is 0 Å². The first-order valence-electron chi connectivity index (χ1n) is 8.18. The number of para-hydroxylation sites is 1. The summed E-state index contributed by atoms with van der Waals surface area (Å²) in [6.07, 6.45) is 0. The molecule has 28 heavy (non-hydrogen) atoms. The summed E-state index contributed by atoms with van der Waals surface area (Å²) < 4.78 is 0. The third kappa shape index (κ3) is 2.47. The van der Waals surface area contributed by atoms with E-state index in [1.165, 1.54) is 12.1 Å². The van der Waals surface area contributed by atoms with Crippen LogP contribution in [0.4, 0.5) is 17.1 Å². The highest BCUT2D eigenvalue weighted by Gasteiger charge is 2.38. The zero-order valence-electron chi connectivity index (χ0n) is 14.2. The number of phenols is 2. The first-order valence-corrected chi connectivity index (χ1v) is 8.18. The number of benzene rings is 3. The van der Waals surface area contributed by atoms with Crippen molar-refractivity contribution in [3.8, 4) is 11.5 Å². The van der Waals surface area contributed by atoms with E-state index >= 15 is 0 Å². The van der Waals surface area contributed by atoms with E-state index in [0.29, 0.717) is 5.69 Å².